The van der Waals surface area contributed by atoms with Crippen LogP contribution in [-0.2, 0) is 26.0 Å². The molecule has 2 N–H and O–H groups in total. The molecule has 15 heavy (non-hydrogen) atoms. The highest BCUT2D eigenvalue weighted by Crippen LogP contribution is 2.09. The Hall–Kier alpha value is -1.40. The predicted octanol–water partition coefficient (Wildman–Crippen LogP) is 0.0495. The summed E-state index contributed by atoms with van der Waals surface area (Å²) < 4.78 is 26.3. The number of esters is 1. The van der Waals surface area contributed by atoms with Gasteiger partial charge in [0.05, 0.1) is 18.4 Å². The van der Waals surface area contributed by atoms with Gasteiger partial charge in [-0.1, -0.05) is 12.1 Å². The minimum Gasteiger partial charge on any atom is -0.469 e. The molecular weight excluding hydrogens is 218 g/mol. The van der Waals surface area contributed by atoms with Crippen molar-refractivity contribution in [1.29, 1.82) is 0 Å². The van der Waals surface area contributed by atoms with Gasteiger partial charge in [0.1, 0.15) is 0 Å². The monoisotopic (exact) mass is 229 g/mol. The number of sulfonamides is 1. The minimum absolute atomic E-state index is 0.0242. The molecule has 0 amide bonds. The number of rotatable bonds is 3. The molecule has 5 nitrogen and oxygen atoms in total. The molecule has 82 valence electrons. The number of nitrogens with two attached hydrogens (primary N) is 1. The van der Waals surface area contributed by atoms with E-state index in [4.69, 9.17) is 5.14 Å². The molecule has 0 bridgehead atoms. The van der Waals surface area contributed by atoms with E-state index in [2.05, 4.69) is 4.74 Å². The number of carbonyl (C=O) groups is 1. The average molecular weight is 229 g/mol. The normalized spacial score (nSPS) is 11.1. The van der Waals surface area contributed by atoms with Crippen LogP contribution in [0.5, 0.6) is 0 Å². The molecule has 6 heteroatoms. The van der Waals surface area contributed by atoms with Gasteiger partial charge < -0.3 is 4.74 Å². The Labute approximate surface area is 87.9 Å². The summed E-state index contributed by atoms with van der Waals surface area (Å²) >= 11 is 0. The van der Waals surface area contributed by atoms with Crippen molar-refractivity contribution in [3.63, 3.8) is 0 Å². The van der Waals surface area contributed by atoms with Gasteiger partial charge in [0.2, 0.25) is 10.0 Å². The summed E-state index contributed by atoms with van der Waals surface area (Å²) in [7, 11) is -2.38. The van der Waals surface area contributed by atoms with Crippen molar-refractivity contribution in [3.05, 3.63) is 29.8 Å². The van der Waals surface area contributed by atoms with Crippen LogP contribution in [0, 0.1) is 0 Å². The van der Waals surface area contributed by atoms with Gasteiger partial charge in [0.15, 0.2) is 0 Å². The zero-order valence-electron chi connectivity index (χ0n) is 8.14. The van der Waals surface area contributed by atoms with E-state index in [9.17, 15) is 13.2 Å². The second kappa shape index (κ2) is 4.41. The van der Waals surface area contributed by atoms with Crippen molar-refractivity contribution in [2.24, 2.45) is 5.14 Å². The van der Waals surface area contributed by atoms with Gasteiger partial charge >= 0.3 is 5.97 Å². The third kappa shape index (κ3) is 3.34. The fourth-order valence-electron chi connectivity index (χ4n) is 1.04. The summed E-state index contributed by atoms with van der Waals surface area (Å²) in [5, 5.41) is 4.91. The summed E-state index contributed by atoms with van der Waals surface area (Å²) in [4.78, 5) is 10.9. The van der Waals surface area contributed by atoms with Crippen molar-refractivity contribution in [3.8, 4) is 0 Å². The van der Waals surface area contributed by atoms with E-state index in [1.807, 2.05) is 0 Å². The molecule has 1 aromatic rings. The number of carbonyl (C=O) groups excluding carboxylic acids is 1. The zero-order chi connectivity index (χ0) is 11.5. The molecule has 1 aromatic carbocycles. The molecule has 0 aliphatic carbocycles. The molecule has 0 saturated heterocycles. The van der Waals surface area contributed by atoms with E-state index in [0.29, 0.717) is 5.56 Å². The Kier molecular flexibility index (Phi) is 3.43. The lowest BCUT2D eigenvalue weighted by molar-refractivity contribution is -0.139. The maximum atomic E-state index is 10.9. The number of methoxy groups -OCH3 is 1. The fourth-order valence-corrected chi connectivity index (χ4v) is 1.55. The van der Waals surface area contributed by atoms with Crippen molar-refractivity contribution in [1.82, 2.24) is 0 Å². The molecule has 0 fully saturated rings. The highest BCUT2D eigenvalue weighted by atomic mass is 32.2. The van der Waals surface area contributed by atoms with Crippen molar-refractivity contribution < 1.29 is 17.9 Å². The van der Waals surface area contributed by atoms with Crippen LogP contribution < -0.4 is 5.14 Å². The van der Waals surface area contributed by atoms with Gasteiger partial charge in [-0.25, -0.2) is 13.6 Å². The highest BCUT2D eigenvalue weighted by molar-refractivity contribution is 7.89. The van der Waals surface area contributed by atoms with Crippen molar-refractivity contribution in [2.45, 2.75) is 11.3 Å². The van der Waals surface area contributed by atoms with Crippen LogP contribution in [0.3, 0.4) is 0 Å². The number of hydrogen-bond acceptors (Lipinski definition) is 4. The second-order valence-electron chi connectivity index (χ2n) is 2.94. The van der Waals surface area contributed by atoms with Crippen LogP contribution in [0.15, 0.2) is 29.2 Å². The lowest BCUT2D eigenvalue weighted by Gasteiger charge is -2.01. The standard InChI is InChI=1S/C9H11NO4S/c1-14-9(11)6-7-2-4-8(5-3-7)15(10,12)13/h2-5H,6H2,1H3,(H2,10,12,13). The first kappa shape index (κ1) is 11.7. The Morgan fingerprint density at radius 2 is 1.87 bits per heavy atom. The second-order valence-corrected chi connectivity index (χ2v) is 4.50. The third-order valence-electron chi connectivity index (χ3n) is 1.83. The summed E-state index contributed by atoms with van der Waals surface area (Å²) in [6.07, 6.45) is 0.112. The summed E-state index contributed by atoms with van der Waals surface area (Å²) in [5.74, 6) is -0.377. The molecule has 0 spiro atoms. The maximum Gasteiger partial charge on any atom is 0.309 e. The van der Waals surface area contributed by atoms with Crippen LogP contribution >= 0.6 is 0 Å². The predicted molar refractivity (Wildman–Crippen MR) is 53.5 cm³/mol. The number of hydrogen-bond donors (Lipinski definition) is 1. The number of benzene rings is 1. The van der Waals surface area contributed by atoms with Gasteiger partial charge in [0.25, 0.3) is 0 Å². The molecule has 0 heterocycles. The number of ether oxygens (including phenoxy) is 1. The number of primary sulfonamides is 1. The van der Waals surface area contributed by atoms with Gasteiger partial charge in [-0.15, -0.1) is 0 Å². The topological polar surface area (TPSA) is 86.5 Å². The average Bonchev–Trinajstić information content (AvgIpc) is 2.17. The lowest BCUT2D eigenvalue weighted by Crippen LogP contribution is -2.12. The van der Waals surface area contributed by atoms with E-state index in [1.54, 1.807) is 0 Å². The Balaban J connectivity index is 2.86. The molecule has 0 atom stereocenters. The Morgan fingerprint density at radius 3 is 2.27 bits per heavy atom. The molecule has 0 unspecified atom stereocenters. The molecule has 0 radical (unpaired) electrons. The summed E-state index contributed by atoms with van der Waals surface area (Å²) in [5.41, 5.74) is 0.675. The molecule has 0 aliphatic heterocycles. The van der Waals surface area contributed by atoms with E-state index in [0.717, 1.165) is 0 Å². The van der Waals surface area contributed by atoms with Crippen LogP contribution in [0.1, 0.15) is 5.56 Å². The van der Waals surface area contributed by atoms with E-state index >= 15 is 0 Å². The van der Waals surface area contributed by atoms with Gasteiger partial charge in [-0.2, -0.15) is 0 Å². The highest BCUT2D eigenvalue weighted by Gasteiger charge is 2.08. The largest absolute Gasteiger partial charge is 0.469 e. The van der Waals surface area contributed by atoms with Crippen LogP contribution in [0.4, 0.5) is 0 Å². The molecule has 0 aromatic heterocycles. The Morgan fingerprint density at radius 1 is 1.33 bits per heavy atom. The minimum atomic E-state index is -3.67. The summed E-state index contributed by atoms with van der Waals surface area (Å²) in [6, 6.07) is 5.76. The quantitative estimate of drug-likeness (QED) is 0.742. The van der Waals surface area contributed by atoms with E-state index < -0.39 is 10.0 Å². The molecular formula is C9H11NO4S. The van der Waals surface area contributed by atoms with E-state index in [-0.39, 0.29) is 17.3 Å². The first-order valence-electron chi connectivity index (χ1n) is 4.12. The van der Waals surface area contributed by atoms with Gasteiger partial charge in [-0.05, 0) is 17.7 Å². The van der Waals surface area contributed by atoms with Gasteiger partial charge in [-0.3, -0.25) is 4.79 Å². The summed E-state index contributed by atoms with van der Waals surface area (Å²) in [6.45, 7) is 0. The molecule has 0 saturated carbocycles. The molecule has 1 rings (SSSR count). The van der Waals surface area contributed by atoms with Crippen molar-refractivity contribution in [2.75, 3.05) is 7.11 Å². The Bertz CT molecular complexity index is 450. The maximum absolute atomic E-state index is 10.9. The van der Waals surface area contributed by atoms with Crippen LogP contribution in [0.2, 0.25) is 0 Å². The molecule has 0 aliphatic rings. The van der Waals surface area contributed by atoms with E-state index in [1.165, 1.54) is 31.4 Å². The fraction of sp³-hybridized carbons (Fsp3) is 0.222. The van der Waals surface area contributed by atoms with Crippen LogP contribution in [-0.4, -0.2) is 21.5 Å². The first-order valence-corrected chi connectivity index (χ1v) is 5.66. The van der Waals surface area contributed by atoms with Crippen LogP contribution in [0.25, 0.3) is 0 Å². The van der Waals surface area contributed by atoms with Crippen molar-refractivity contribution >= 4 is 16.0 Å². The van der Waals surface area contributed by atoms with Gasteiger partial charge in [0, 0.05) is 0 Å². The first-order chi connectivity index (χ1) is 6.93. The third-order valence-corrected chi connectivity index (χ3v) is 2.76. The lowest BCUT2D eigenvalue weighted by atomic mass is 10.2. The zero-order valence-corrected chi connectivity index (χ0v) is 8.95. The smallest absolute Gasteiger partial charge is 0.309 e. The SMILES string of the molecule is COC(=O)Cc1ccc(S(N)(=O)=O)cc1.